The molecule has 0 aromatic heterocycles. The van der Waals surface area contributed by atoms with Crippen molar-refractivity contribution in [2.24, 2.45) is 4.99 Å². The third kappa shape index (κ3) is 7.28. The lowest BCUT2D eigenvalue weighted by atomic mass is 10.1. The van der Waals surface area contributed by atoms with Gasteiger partial charge in [-0.05, 0) is 103 Å². The summed E-state index contributed by atoms with van der Waals surface area (Å²) in [7, 11) is 3.21. The average Bonchev–Trinajstić information content (AvgIpc) is 3.31. The predicted octanol–water partition coefficient (Wildman–Crippen LogP) is 8.80. The van der Waals surface area contributed by atoms with Crippen LogP contribution in [0, 0.1) is 0 Å². The number of carbonyl (C=O) groups excluding carboxylic acids is 1. The Morgan fingerprint density at radius 2 is 1.53 bits per heavy atom. The number of methoxy groups -OCH3 is 2. The van der Waals surface area contributed by atoms with Gasteiger partial charge in [-0.3, -0.25) is 9.69 Å². The Morgan fingerprint density at radius 3 is 2.19 bits per heavy atom. The largest absolute Gasteiger partial charge is 0.497 e. The van der Waals surface area contributed by atoms with Crippen LogP contribution < -0.4 is 23.8 Å². The van der Waals surface area contributed by atoms with E-state index in [9.17, 15) is 4.79 Å². The van der Waals surface area contributed by atoms with Crippen LogP contribution in [-0.2, 0) is 11.4 Å². The van der Waals surface area contributed by atoms with Gasteiger partial charge in [-0.25, -0.2) is 4.99 Å². The highest BCUT2D eigenvalue weighted by atomic mass is 35.5. The van der Waals surface area contributed by atoms with Crippen LogP contribution in [0.1, 0.15) is 18.1 Å². The highest BCUT2D eigenvalue weighted by Gasteiger charge is 2.35. The molecule has 0 N–H and O–H groups in total. The second-order valence-electron chi connectivity index (χ2n) is 9.21. The molecule has 1 heterocycles. The van der Waals surface area contributed by atoms with Gasteiger partial charge in [-0.2, -0.15) is 0 Å². The van der Waals surface area contributed by atoms with Gasteiger partial charge in [0.05, 0.1) is 37.1 Å². The van der Waals surface area contributed by atoms with Crippen molar-refractivity contribution < 1.29 is 23.7 Å². The Hall–Kier alpha value is -4.11. The topological polar surface area (TPSA) is 69.6 Å². The molecule has 1 amide bonds. The van der Waals surface area contributed by atoms with E-state index in [-0.39, 0.29) is 12.5 Å². The molecule has 0 atom stereocenters. The Balaban J connectivity index is 1.45. The van der Waals surface area contributed by atoms with Gasteiger partial charge in [0.15, 0.2) is 16.7 Å². The SMILES string of the molecule is CCOc1cc(C=C2SC(=Nc3ccc(OC)cc3)N(c3ccc(OC)cc3)C2=O)ccc1OCc1ccc(Cl)cc1Cl. The van der Waals surface area contributed by atoms with E-state index in [1.54, 1.807) is 31.3 Å². The zero-order valence-electron chi connectivity index (χ0n) is 23.7. The van der Waals surface area contributed by atoms with E-state index in [2.05, 4.69) is 0 Å². The van der Waals surface area contributed by atoms with Crippen molar-refractivity contribution >= 4 is 63.5 Å². The van der Waals surface area contributed by atoms with Gasteiger partial charge < -0.3 is 18.9 Å². The first kappa shape index (κ1) is 30.4. The number of aliphatic imine (C=N–C) groups is 1. The number of hydrogen-bond acceptors (Lipinski definition) is 7. The molecule has 4 aromatic rings. The molecule has 5 rings (SSSR count). The summed E-state index contributed by atoms with van der Waals surface area (Å²) in [6.45, 7) is 2.58. The maximum atomic E-state index is 13.8. The number of carbonyl (C=O) groups is 1. The standard InChI is InChI=1S/C33H28Cl2N2O5S/c1-4-41-30-17-21(5-16-29(30)42-20-22-6-7-23(34)19-28(22)35)18-31-32(38)37(25-10-14-27(40-3)15-11-25)33(43-31)36-24-8-12-26(39-2)13-9-24/h5-19H,4,20H2,1-3H3. The molecular formula is C33H28Cl2N2O5S. The summed E-state index contributed by atoms with van der Waals surface area (Å²) in [4.78, 5) is 20.7. The van der Waals surface area contributed by atoms with Gasteiger partial charge in [0.2, 0.25) is 0 Å². The maximum Gasteiger partial charge on any atom is 0.271 e. The molecule has 1 saturated heterocycles. The van der Waals surface area contributed by atoms with E-state index < -0.39 is 0 Å². The number of rotatable bonds is 10. The molecular weight excluding hydrogens is 607 g/mol. The first-order chi connectivity index (χ1) is 20.9. The third-order valence-electron chi connectivity index (χ3n) is 6.40. The van der Waals surface area contributed by atoms with E-state index in [0.29, 0.717) is 55.3 Å². The van der Waals surface area contributed by atoms with Crippen LogP contribution in [0.15, 0.2) is 94.8 Å². The highest BCUT2D eigenvalue weighted by Crippen LogP contribution is 2.39. The van der Waals surface area contributed by atoms with E-state index in [4.69, 9.17) is 47.1 Å². The molecule has 1 fully saturated rings. The van der Waals surface area contributed by atoms with Gasteiger partial charge in [-0.15, -0.1) is 0 Å². The minimum Gasteiger partial charge on any atom is -0.497 e. The summed E-state index contributed by atoms with van der Waals surface area (Å²) < 4.78 is 22.5. The molecule has 43 heavy (non-hydrogen) atoms. The summed E-state index contributed by atoms with van der Waals surface area (Å²) in [6.07, 6.45) is 1.82. The Kier molecular flexibility index (Phi) is 9.82. The molecule has 0 radical (unpaired) electrons. The van der Waals surface area contributed by atoms with Crippen LogP contribution in [0.2, 0.25) is 10.0 Å². The molecule has 0 bridgehead atoms. The number of thioether (sulfide) groups is 1. The monoisotopic (exact) mass is 634 g/mol. The van der Waals surface area contributed by atoms with Crippen molar-refractivity contribution in [1.29, 1.82) is 0 Å². The van der Waals surface area contributed by atoms with Gasteiger partial charge in [0.25, 0.3) is 5.91 Å². The molecule has 0 spiro atoms. The van der Waals surface area contributed by atoms with Crippen LogP contribution >= 0.6 is 35.0 Å². The Labute approximate surface area is 264 Å². The predicted molar refractivity (Wildman–Crippen MR) is 175 cm³/mol. The molecule has 7 nitrogen and oxygen atoms in total. The van der Waals surface area contributed by atoms with Crippen LogP contribution in [0.3, 0.4) is 0 Å². The molecule has 0 unspecified atom stereocenters. The molecule has 4 aromatic carbocycles. The second-order valence-corrected chi connectivity index (χ2v) is 11.1. The number of ether oxygens (including phenoxy) is 4. The van der Waals surface area contributed by atoms with Crippen LogP contribution in [0.4, 0.5) is 11.4 Å². The maximum absolute atomic E-state index is 13.8. The number of amides is 1. The highest BCUT2D eigenvalue weighted by molar-refractivity contribution is 8.19. The third-order valence-corrected chi connectivity index (χ3v) is 7.95. The molecule has 1 aliphatic heterocycles. The number of nitrogens with zero attached hydrogens (tertiary/aromatic N) is 2. The van der Waals surface area contributed by atoms with Crippen LogP contribution in [0.25, 0.3) is 6.08 Å². The minimum atomic E-state index is -0.196. The average molecular weight is 636 g/mol. The normalized spacial score (nSPS) is 14.8. The van der Waals surface area contributed by atoms with E-state index in [1.165, 1.54) is 11.8 Å². The summed E-state index contributed by atoms with van der Waals surface area (Å²) in [6, 6.07) is 25.4. The van der Waals surface area contributed by atoms with Crippen molar-refractivity contribution in [2.75, 3.05) is 25.7 Å². The van der Waals surface area contributed by atoms with Crippen molar-refractivity contribution in [3.63, 3.8) is 0 Å². The van der Waals surface area contributed by atoms with E-state index in [0.717, 1.165) is 16.9 Å². The smallest absolute Gasteiger partial charge is 0.271 e. The lowest BCUT2D eigenvalue weighted by Crippen LogP contribution is -2.28. The van der Waals surface area contributed by atoms with Crippen molar-refractivity contribution in [1.82, 2.24) is 0 Å². The number of anilines is 1. The van der Waals surface area contributed by atoms with Gasteiger partial charge in [0.1, 0.15) is 18.1 Å². The Morgan fingerprint density at radius 1 is 0.837 bits per heavy atom. The fourth-order valence-electron chi connectivity index (χ4n) is 4.22. The summed E-state index contributed by atoms with van der Waals surface area (Å²) in [5.74, 6) is 2.33. The van der Waals surface area contributed by atoms with Gasteiger partial charge in [-0.1, -0.05) is 35.3 Å². The summed E-state index contributed by atoms with van der Waals surface area (Å²) >= 11 is 13.6. The quantitative estimate of drug-likeness (QED) is 0.162. The molecule has 10 heteroatoms. The molecule has 0 aliphatic carbocycles. The lowest BCUT2D eigenvalue weighted by Gasteiger charge is -2.16. The van der Waals surface area contributed by atoms with Crippen molar-refractivity contribution in [3.05, 3.63) is 111 Å². The Bertz CT molecular complexity index is 1670. The fourth-order valence-corrected chi connectivity index (χ4v) is 5.69. The number of benzene rings is 4. The second kappa shape index (κ2) is 13.9. The summed E-state index contributed by atoms with van der Waals surface area (Å²) in [5.41, 5.74) is 2.94. The van der Waals surface area contributed by atoms with Gasteiger partial charge >= 0.3 is 0 Å². The number of amidine groups is 1. The summed E-state index contributed by atoms with van der Waals surface area (Å²) in [5, 5.41) is 1.61. The zero-order chi connectivity index (χ0) is 30.3. The first-order valence-corrected chi connectivity index (χ1v) is 14.9. The van der Waals surface area contributed by atoms with E-state index >= 15 is 0 Å². The lowest BCUT2D eigenvalue weighted by molar-refractivity contribution is -0.113. The van der Waals surface area contributed by atoms with Gasteiger partial charge in [0, 0.05) is 15.6 Å². The molecule has 220 valence electrons. The van der Waals surface area contributed by atoms with E-state index in [1.807, 2.05) is 85.8 Å². The molecule has 0 saturated carbocycles. The fraction of sp³-hybridized carbons (Fsp3) is 0.152. The zero-order valence-corrected chi connectivity index (χ0v) is 26.0. The number of halogens is 2. The number of hydrogen-bond donors (Lipinski definition) is 0. The van der Waals surface area contributed by atoms with Crippen LogP contribution in [-0.4, -0.2) is 31.9 Å². The van der Waals surface area contributed by atoms with Crippen molar-refractivity contribution in [2.45, 2.75) is 13.5 Å². The first-order valence-electron chi connectivity index (χ1n) is 13.3. The van der Waals surface area contributed by atoms with Crippen LogP contribution in [0.5, 0.6) is 23.0 Å². The van der Waals surface area contributed by atoms with Crippen molar-refractivity contribution in [3.8, 4) is 23.0 Å². The molecule has 1 aliphatic rings. The minimum absolute atomic E-state index is 0.196.